The lowest BCUT2D eigenvalue weighted by Gasteiger charge is -2.17. The Bertz CT molecular complexity index is 433. The van der Waals surface area contributed by atoms with Crippen LogP contribution in [0.15, 0.2) is 0 Å². The molecule has 2 heterocycles. The molecule has 0 amide bonds. The number of anilines is 3. The van der Waals surface area contributed by atoms with Crippen molar-refractivity contribution in [3.63, 3.8) is 0 Å². The van der Waals surface area contributed by atoms with E-state index in [4.69, 9.17) is 0 Å². The van der Waals surface area contributed by atoms with Crippen molar-refractivity contribution in [1.82, 2.24) is 15.0 Å². The van der Waals surface area contributed by atoms with E-state index in [1.165, 1.54) is 12.8 Å². The maximum absolute atomic E-state index is 9.31. The van der Waals surface area contributed by atoms with Crippen LogP contribution >= 0.6 is 0 Å². The molecule has 7 nitrogen and oxygen atoms in total. The van der Waals surface area contributed by atoms with E-state index in [0.29, 0.717) is 24.9 Å². The quantitative estimate of drug-likeness (QED) is 0.669. The molecule has 1 aliphatic heterocycles. The first-order valence-corrected chi connectivity index (χ1v) is 7.86. The van der Waals surface area contributed by atoms with Gasteiger partial charge in [-0.1, -0.05) is 6.92 Å². The Kier molecular flexibility index (Phi) is 5.98. The first-order chi connectivity index (χ1) is 10.2. The zero-order valence-corrected chi connectivity index (χ0v) is 13.0. The molecule has 21 heavy (non-hydrogen) atoms. The van der Waals surface area contributed by atoms with Crippen molar-refractivity contribution in [1.29, 1.82) is 0 Å². The Balaban J connectivity index is 2.07. The van der Waals surface area contributed by atoms with Gasteiger partial charge in [0.05, 0.1) is 6.10 Å². The monoisotopic (exact) mass is 294 g/mol. The molecule has 1 fully saturated rings. The highest BCUT2D eigenvalue weighted by atomic mass is 16.3. The van der Waals surface area contributed by atoms with Gasteiger partial charge in [-0.3, -0.25) is 0 Å². The van der Waals surface area contributed by atoms with Gasteiger partial charge in [-0.15, -0.1) is 0 Å². The van der Waals surface area contributed by atoms with E-state index < -0.39 is 0 Å². The van der Waals surface area contributed by atoms with Crippen LogP contribution in [0.3, 0.4) is 0 Å². The van der Waals surface area contributed by atoms with Crippen molar-refractivity contribution in [3.8, 4) is 0 Å². The fourth-order valence-corrected chi connectivity index (χ4v) is 2.21. The molecule has 0 spiro atoms. The number of hydrogen-bond donors (Lipinski definition) is 3. The second kappa shape index (κ2) is 7.97. The molecule has 7 heteroatoms. The molecule has 1 unspecified atom stereocenters. The van der Waals surface area contributed by atoms with E-state index >= 15 is 0 Å². The van der Waals surface area contributed by atoms with Crippen LogP contribution < -0.4 is 15.5 Å². The molecule has 0 radical (unpaired) electrons. The number of aromatic nitrogens is 3. The number of nitrogens with zero attached hydrogens (tertiary/aromatic N) is 4. The van der Waals surface area contributed by atoms with Crippen molar-refractivity contribution < 1.29 is 5.11 Å². The number of rotatable bonds is 8. The number of nitrogens with one attached hydrogen (secondary N) is 2. The van der Waals surface area contributed by atoms with Crippen LogP contribution in [-0.4, -0.2) is 52.3 Å². The lowest BCUT2D eigenvalue weighted by molar-refractivity contribution is 0.188. The summed E-state index contributed by atoms with van der Waals surface area (Å²) in [4.78, 5) is 15.6. The minimum atomic E-state index is -0.324. The van der Waals surface area contributed by atoms with E-state index in [9.17, 15) is 5.11 Å². The SMILES string of the molecule is CCCNc1nc(NCCC(C)O)nc(N2CCCC2)n1. The molecule has 1 aliphatic rings. The lowest BCUT2D eigenvalue weighted by atomic mass is 10.3. The molecular weight excluding hydrogens is 268 g/mol. The van der Waals surface area contributed by atoms with Crippen LogP contribution in [0.5, 0.6) is 0 Å². The molecule has 3 N–H and O–H groups in total. The van der Waals surface area contributed by atoms with Crippen molar-refractivity contribution in [2.75, 3.05) is 41.7 Å². The molecule has 0 aromatic carbocycles. The van der Waals surface area contributed by atoms with Gasteiger partial charge in [-0.05, 0) is 32.6 Å². The van der Waals surface area contributed by atoms with Gasteiger partial charge in [0.2, 0.25) is 17.8 Å². The molecule has 1 aromatic heterocycles. The predicted octanol–water partition coefficient (Wildman–Crippen LogP) is 1.48. The first kappa shape index (κ1) is 15.8. The van der Waals surface area contributed by atoms with Gasteiger partial charge in [0.1, 0.15) is 0 Å². The van der Waals surface area contributed by atoms with Crippen LogP contribution in [0.25, 0.3) is 0 Å². The van der Waals surface area contributed by atoms with Crippen LogP contribution in [0.4, 0.5) is 17.8 Å². The third-order valence-electron chi connectivity index (χ3n) is 3.39. The Labute approximate surface area is 126 Å². The number of aliphatic hydroxyl groups is 1. The molecule has 1 saturated heterocycles. The fraction of sp³-hybridized carbons (Fsp3) is 0.786. The van der Waals surface area contributed by atoms with E-state index in [-0.39, 0.29) is 6.10 Å². The third-order valence-corrected chi connectivity index (χ3v) is 3.39. The van der Waals surface area contributed by atoms with Gasteiger partial charge < -0.3 is 20.6 Å². The fourth-order valence-electron chi connectivity index (χ4n) is 2.21. The maximum Gasteiger partial charge on any atom is 0.231 e. The smallest absolute Gasteiger partial charge is 0.231 e. The standard InChI is InChI=1S/C14H26N6O/c1-3-7-15-12-17-13(16-8-6-11(2)21)19-14(18-12)20-9-4-5-10-20/h11,21H,3-10H2,1-2H3,(H2,15,16,17,18,19). The van der Waals surface area contributed by atoms with Crippen LogP contribution in [-0.2, 0) is 0 Å². The lowest BCUT2D eigenvalue weighted by Crippen LogP contribution is -2.23. The van der Waals surface area contributed by atoms with Crippen LogP contribution in [0, 0.1) is 0 Å². The summed E-state index contributed by atoms with van der Waals surface area (Å²) in [6.07, 6.45) is 3.75. The van der Waals surface area contributed by atoms with Gasteiger partial charge >= 0.3 is 0 Å². The van der Waals surface area contributed by atoms with Crippen LogP contribution in [0.1, 0.15) is 39.5 Å². The average Bonchev–Trinajstić information content (AvgIpc) is 2.99. The van der Waals surface area contributed by atoms with Gasteiger partial charge in [-0.25, -0.2) is 0 Å². The molecule has 0 bridgehead atoms. The van der Waals surface area contributed by atoms with Crippen molar-refractivity contribution in [3.05, 3.63) is 0 Å². The van der Waals surface area contributed by atoms with Gasteiger partial charge in [0, 0.05) is 26.2 Å². The van der Waals surface area contributed by atoms with Crippen molar-refractivity contribution >= 4 is 17.8 Å². The van der Waals surface area contributed by atoms with E-state index in [1.807, 2.05) is 0 Å². The normalized spacial score (nSPS) is 16.0. The zero-order valence-electron chi connectivity index (χ0n) is 13.0. The second-order valence-electron chi connectivity index (χ2n) is 5.47. The Morgan fingerprint density at radius 1 is 1.10 bits per heavy atom. The molecule has 118 valence electrons. The summed E-state index contributed by atoms with van der Waals surface area (Å²) in [5, 5.41) is 15.7. The Hall–Kier alpha value is -1.63. The maximum atomic E-state index is 9.31. The summed E-state index contributed by atoms with van der Waals surface area (Å²) in [5.74, 6) is 1.93. The summed E-state index contributed by atoms with van der Waals surface area (Å²) in [7, 11) is 0. The molecule has 2 rings (SSSR count). The van der Waals surface area contributed by atoms with Crippen LogP contribution in [0.2, 0.25) is 0 Å². The summed E-state index contributed by atoms with van der Waals surface area (Å²) < 4.78 is 0. The summed E-state index contributed by atoms with van der Waals surface area (Å²) in [5.41, 5.74) is 0. The summed E-state index contributed by atoms with van der Waals surface area (Å²) in [6.45, 7) is 7.38. The summed E-state index contributed by atoms with van der Waals surface area (Å²) >= 11 is 0. The van der Waals surface area contributed by atoms with E-state index in [2.05, 4.69) is 37.4 Å². The zero-order chi connectivity index (χ0) is 15.1. The molecule has 1 aromatic rings. The molecule has 0 aliphatic carbocycles. The van der Waals surface area contributed by atoms with Gasteiger partial charge in [-0.2, -0.15) is 15.0 Å². The Morgan fingerprint density at radius 2 is 1.71 bits per heavy atom. The highest BCUT2D eigenvalue weighted by Crippen LogP contribution is 2.18. The molecule has 1 atom stereocenters. The highest BCUT2D eigenvalue weighted by Gasteiger charge is 2.17. The van der Waals surface area contributed by atoms with E-state index in [0.717, 1.165) is 32.0 Å². The number of aliphatic hydroxyl groups excluding tert-OH is 1. The predicted molar refractivity (Wildman–Crippen MR) is 84.8 cm³/mol. The van der Waals surface area contributed by atoms with Gasteiger partial charge in [0.25, 0.3) is 0 Å². The molecular formula is C14H26N6O. The van der Waals surface area contributed by atoms with Crippen molar-refractivity contribution in [2.24, 2.45) is 0 Å². The largest absolute Gasteiger partial charge is 0.393 e. The highest BCUT2D eigenvalue weighted by molar-refractivity contribution is 5.44. The van der Waals surface area contributed by atoms with E-state index in [1.54, 1.807) is 6.92 Å². The topological polar surface area (TPSA) is 86.2 Å². The van der Waals surface area contributed by atoms with Gasteiger partial charge in [0.15, 0.2) is 0 Å². The minimum Gasteiger partial charge on any atom is -0.393 e. The Morgan fingerprint density at radius 3 is 2.29 bits per heavy atom. The average molecular weight is 294 g/mol. The molecule has 0 saturated carbocycles. The second-order valence-corrected chi connectivity index (χ2v) is 5.47. The number of hydrogen-bond acceptors (Lipinski definition) is 7. The van der Waals surface area contributed by atoms with Crippen molar-refractivity contribution in [2.45, 2.75) is 45.6 Å². The first-order valence-electron chi connectivity index (χ1n) is 7.86. The minimum absolute atomic E-state index is 0.324. The summed E-state index contributed by atoms with van der Waals surface area (Å²) in [6, 6.07) is 0. The third kappa shape index (κ3) is 5.00.